The zero-order valence-electron chi connectivity index (χ0n) is 13.7. The fourth-order valence-electron chi connectivity index (χ4n) is 2.84. The van der Waals surface area contributed by atoms with Crippen LogP contribution in [0.1, 0.15) is 35.6 Å². The average molecular weight is 321 g/mol. The topological polar surface area (TPSA) is 0 Å². The second-order valence-corrected chi connectivity index (χ2v) is 8.18. The Balaban J connectivity index is 0.00000220. The smallest absolute Gasteiger partial charge is 0.0190 e. The van der Waals surface area contributed by atoms with Crippen LogP contribution in [-0.2, 0) is 0 Å². The Morgan fingerprint density at radius 3 is 1.29 bits per heavy atom. The maximum absolute atomic E-state index is 2.38. The van der Waals surface area contributed by atoms with Crippen LogP contribution in [0.15, 0.2) is 36.4 Å². The highest BCUT2D eigenvalue weighted by atomic mass is 35.5. The number of hydrogen-bond donors (Lipinski definition) is 0. The molecule has 2 aromatic carbocycles. The molecule has 0 amide bonds. The van der Waals surface area contributed by atoms with E-state index in [2.05, 4.69) is 71.0 Å². The van der Waals surface area contributed by atoms with Gasteiger partial charge in [0.25, 0.3) is 0 Å². The molecule has 21 heavy (non-hydrogen) atoms. The standard InChI is InChI=1S/C19H25P.ClH/c1-6-7-20(18-10-14(2)8-15(3)11-18)19-12-16(4)9-17(5)13-19;/h8-13H,6-7H2,1-5H3;1H. The van der Waals surface area contributed by atoms with Crippen molar-refractivity contribution in [3.63, 3.8) is 0 Å². The largest absolute Gasteiger partial charge is 0.147 e. The van der Waals surface area contributed by atoms with Crippen molar-refractivity contribution in [3.8, 4) is 0 Å². The van der Waals surface area contributed by atoms with Gasteiger partial charge in [-0.3, -0.25) is 0 Å². The van der Waals surface area contributed by atoms with Crippen molar-refractivity contribution in [1.29, 1.82) is 0 Å². The van der Waals surface area contributed by atoms with Crippen molar-refractivity contribution >= 4 is 30.9 Å². The monoisotopic (exact) mass is 320 g/mol. The summed E-state index contributed by atoms with van der Waals surface area (Å²) in [6.45, 7) is 11.1. The van der Waals surface area contributed by atoms with Gasteiger partial charge in [-0.25, -0.2) is 0 Å². The molecule has 0 radical (unpaired) electrons. The summed E-state index contributed by atoms with van der Waals surface area (Å²) in [6.07, 6.45) is 2.52. The maximum Gasteiger partial charge on any atom is -0.0190 e. The fraction of sp³-hybridized carbons (Fsp3) is 0.368. The Labute approximate surface area is 137 Å². The van der Waals surface area contributed by atoms with E-state index in [9.17, 15) is 0 Å². The Morgan fingerprint density at radius 2 is 1.00 bits per heavy atom. The predicted molar refractivity (Wildman–Crippen MR) is 100 cm³/mol. The summed E-state index contributed by atoms with van der Waals surface area (Å²) < 4.78 is 0. The van der Waals surface area contributed by atoms with Crippen molar-refractivity contribution in [2.75, 3.05) is 6.16 Å². The van der Waals surface area contributed by atoms with Crippen LogP contribution in [0.3, 0.4) is 0 Å². The summed E-state index contributed by atoms with van der Waals surface area (Å²) in [7, 11) is -0.216. The van der Waals surface area contributed by atoms with Crippen LogP contribution in [0.2, 0.25) is 0 Å². The maximum atomic E-state index is 2.38. The van der Waals surface area contributed by atoms with E-state index in [0.717, 1.165) is 0 Å². The van der Waals surface area contributed by atoms with Crippen LogP contribution in [-0.4, -0.2) is 6.16 Å². The Morgan fingerprint density at radius 1 is 0.667 bits per heavy atom. The summed E-state index contributed by atoms with van der Waals surface area (Å²) in [5.74, 6) is 0. The van der Waals surface area contributed by atoms with E-state index < -0.39 is 0 Å². The highest BCUT2D eigenvalue weighted by molar-refractivity contribution is 7.73. The first kappa shape index (κ1) is 18.2. The molecule has 0 aliphatic carbocycles. The van der Waals surface area contributed by atoms with Crippen molar-refractivity contribution < 1.29 is 0 Å². The molecule has 0 saturated carbocycles. The molecule has 0 aliphatic heterocycles. The van der Waals surface area contributed by atoms with Crippen LogP contribution >= 0.6 is 20.3 Å². The van der Waals surface area contributed by atoms with Crippen LogP contribution in [0, 0.1) is 27.7 Å². The summed E-state index contributed by atoms with van der Waals surface area (Å²) in [6, 6.07) is 14.1. The lowest BCUT2D eigenvalue weighted by Crippen LogP contribution is -2.15. The molecule has 0 spiro atoms. The van der Waals surface area contributed by atoms with Gasteiger partial charge in [0, 0.05) is 0 Å². The van der Waals surface area contributed by atoms with E-state index in [1.54, 1.807) is 0 Å². The molecular weight excluding hydrogens is 295 g/mol. The summed E-state index contributed by atoms with van der Waals surface area (Å²) in [5.41, 5.74) is 5.53. The highest BCUT2D eigenvalue weighted by Crippen LogP contribution is 2.35. The molecule has 0 unspecified atom stereocenters. The molecule has 0 saturated heterocycles. The Kier molecular flexibility index (Phi) is 6.91. The number of hydrogen-bond acceptors (Lipinski definition) is 0. The minimum absolute atomic E-state index is 0. The third kappa shape index (κ3) is 4.83. The van der Waals surface area contributed by atoms with Gasteiger partial charge >= 0.3 is 0 Å². The average Bonchev–Trinajstić information content (AvgIpc) is 2.33. The molecule has 0 aliphatic rings. The number of aryl methyl sites for hydroxylation is 4. The van der Waals surface area contributed by atoms with Crippen molar-refractivity contribution in [1.82, 2.24) is 0 Å². The number of rotatable bonds is 4. The van der Waals surface area contributed by atoms with E-state index in [0.29, 0.717) is 0 Å². The van der Waals surface area contributed by atoms with Gasteiger partial charge in [-0.1, -0.05) is 72.0 Å². The van der Waals surface area contributed by atoms with Crippen LogP contribution in [0.5, 0.6) is 0 Å². The summed E-state index contributed by atoms with van der Waals surface area (Å²) in [5, 5.41) is 3.06. The molecule has 0 N–H and O–H groups in total. The third-order valence-electron chi connectivity index (χ3n) is 3.48. The van der Waals surface area contributed by atoms with Crippen molar-refractivity contribution in [2.45, 2.75) is 41.0 Å². The minimum atomic E-state index is -0.216. The molecule has 2 aromatic rings. The summed E-state index contributed by atoms with van der Waals surface area (Å²) in [4.78, 5) is 0. The zero-order valence-corrected chi connectivity index (χ0v) is 15.4. The molecule has 114 valence electrons. The molecule has 2 rings (SSSR count). The fourth-order valence-corrected chi connectivity index (χ4v) is 5.54. The van der Waals surface area contributed by atoms with Gasteiger partial charge in [0.1, 0.15) is 0 Å². The molecule has 0 atom stereocenters. The van der Waals surface area contributed by atoms with Gasteiger partial charge in [-0.05, 0) is 52.4 Å². The molecule has 0 bridgehead atoms. The minimum Gasteiger partial charge on any atom is -0.147 e. The van der Waals surface area contributed by atoms with Crippen molar-refractivity contribution in [2.24, 2.45) is 0 Å². The lowest BCUT2D eigenvalue weighted by Gasteiger charge is -2.20. The van der Waals surface area contributed by atoms with Crippen LogP contribution in [0.4, 0.5) is 0 Å². The molecule has 0 fully saturated rings. The Hall–Kier alpha value is -0.840. The van der Waals surface area contributed by atoms with E-state index in [4.69, 9.17) is 0 Å². The predicted octanol–water partition coefficient (Wildman–Crippen LogP) is 5.18. The normalized spacial score (nSPS) is 10.6. The number of benzene rings is 2. The SMILES string of the molecule is CCCP(c1cc(C)cc(C)c1)c1cc(C)cc(C)c1.Cl. The van der Waals surface area contributed by atoms with Crippen LogP contribution in [0.25, 0.3) is 0 Å². The summed E-state index contributed by atoms with van der Waals surface area (Å²) >= 11 is 0. The third-order valence-corrected chi connectivity index (χ3v) is 6.14. The first-order valence-electron chi connectivity index (χ1n) is 7.43. The van der Waals surface area contributed by atoms with E-state index in [-0.39, 0.29) is 20.3 Å². The first-order chi connectivity index (χ1) is 9.49. The number of halogens is 1. The second kappa shape index (κ2) is 7.97. The second-order valence-electron chi connectivity index (χ2n) is 5.84. The first-order valence-corrected chi connectivity index (χ1v) is 8.96. The van der Waals surface area contributed by atoms with Gasteiger partial charge < -0.3 is 0 Å². The van der Waals surface area contributed by atoms with E-state index in [1.807, 2.05) is 0 Å². The highest BCUT2D eigenvalue weighted by Gasteiger charge is 2.14. The zero-order chi connectivity index (χ0) is 14.7. The van der Waals surface area contributed by atoms with E-state index in [1.165, 1.54) is 45.4 Å². The lowest BCUT2D eigenvalue weighted by molar-refractivity contribution is 1.10. The molecule has 0 nitrogen and oxygen atoms in total. The Bertz CT molecular complexity index is 513. The molecule has 0 heterocycles. The van der Waals surface area contributed by atoms with Gasteiger partial charge in [-0.2, -0.15) is 0 Å². The quantitative estimate of drug-likeness (QED) is 0.680. The van der Waals surface area contributed by atoms with Gasteiger partial charge in [0.05, 0.1) is 0 Å². The van der Waals surface area contributed by atoms with Gasteiger partial charge in [-0.15, -0.1) is 12.4 Å². The van der Waals surface area contributed by atoms with Crippen LogP contribution < -0.4 is 10.6 Å². The molecule has 0 aromatic heterocycles. The van der Waals surface area contributed by atoms with Crippen molar-refractivity contribution in [3.05, 3.63) is 58.7 Å². The molecule has 2 heteroatoms. The molecular formula is C19H26ClP. The van der Waals surface area contributed by atoms with Gasteiger partial charge in [0.15, 0.2) is 0 Å². The van der Waals surface area contributed by atoms with E-state index >= 15 is 0 Å². The van der Waals surface area contributed by atoms with Gasteiger partial charge in [0.2, 0.25) is 0 Å². The lowest BCUT2D eigenvalue weighted by atomic mass is 10.2.